The van der Waals surface area contributed by atoms with Crippen LogP contribution in [0, 0.1) is 5.82 Å². The van der Waals surface area contributed by atoms with Crippen LogP contribution in [0.15, 0.2) is 73.8 Å². The Balaban J connectivity index is 1.46. The number of hydrazine groups is 1. The summed E-state index contributed by atoms with van der Waals surface area (Å²) in [5.74, 6) is 1.64. The van der Waals surface area contributed by atoms with Gasteiger partial charge < -0.3 is 9.32 Å². The summed E-state index contributed by atoms with van der Waals surface area (Å²) in [6.07, 6.45) is 4.89. The molecule has 0 radical (unpaired) electrons. The number of hydrogen-bond donors (Lipinski definition) is 1. The maximum atomic E-state index is 13.1. The molecular formula is C16H12FN7O. The number of nitrogens with zero attached hydrogens (tertiary/aromatic N) is 6. The predicted molar refractivity (Wildman–Crippen MR) is 89.5 cm³/mol. The summed E-state index contributed by atoms with van der Waals surface area (Å²) in [6.45, 7) is 0.544. The zero-order valence-corrected chi connectivity index (χ0v) is 12.9. The van der Waals surface area contributed by atoms with Gasteiger partial charge in [-0.25, -0.2) is 14.4 Å². The summed E-state index contributed by atoms with van der Waals surface area (Å²) in [6, 6.07) is 9.97. The maximum Gasteiger partial charge on any atom is 0.235 e. The van der Waals surface area contributed by atoms with Crippen molar-refractivity contribution < 1.29 is 8.81 Å². The van der Waals surface area contributed by atoms with Crippen LogP contribution < -0.4 is 10.5 Å². The number of anilines is 1. The molecule has 1 aromatic heterocycles. The van der Waals surface area contributed by atoms with E-state index >= 15 is 0 Å². The highest BCUT2D eigenvalue weighted by atomic mass is 19.1. The minimum atomic E-state index is -0.256. The molecule has 1 aromatic carbocycles. The van der Waals surface area contributed by atoms with Crippen LogP contribution in [-0.2, 0) is 6.54 Å². The lowest BCUT2D eigenvalue weighted by molar-refractivity contribution is 0.419. The first kappa shape index (κ1) is 13.8. The molecule has 2 aromatic rings. The predicted octanol–water partition coefficient (Wildman–Crippen LogP) is 2.03. The van der Waals surface area contributed by atoms with Gasteiger partial charge in [-0.15, -0.1) is 10.2 Å². The molecule has 25 heavy (non-hydrogen) atoms. The molecule has 0 saturated heterocycles. The quantitative estimate of drug-likeness (QED) is 0.928. The molecule has 3 aliphatic heterocycles. The summed E-state index contributed by atoms with van der Waals surface area (Å²) in [5.41, 5.74) is 4.85. The Kier molecular flexibility index (Phi) is 2.87. The van der Waals surface area contributed by atoms with Crippen molar-refractivity contribution in [3.63, 3.8) is 0 Å². The normalized spacial score (nSPS) is 17.8. The van der Waals surface area contributed by atoms with Gasteiger partial charge in [0.2, 0.25) is 11.7 Å². The minimum absolute atomic E-state index is 0.256. The molecule has 8 nitrogen and oxygen atoms in total. The molecule has 1 N–H and O–H groups in total. The van der Waals surface area contributed by atoms with Gasteiger partial charge in [0.05, 0.1) is 12.8 Å². The Morgan fingerprint density at radius 1 is 1.12 bits per heavy atom. The molecule has 0 fully saturated rings. The van der Waals surface area contributed by atoms with Crippen LogP contribution in [0.5, 0.6) is 0 Å². The topological polar surface area (TPSA) is 72.0 Å². The number of hydrazone groups is 2. The molecule has 4 heterocycles. The van der Waals surface area contributed by atoms with E-state index in [1.807, 2.05) is 4.90 Å². The average molecular weight is 337 g/mol. The number of furan rings is 1. The molecule has 9 heteroatoms. The van der Waals surface area contributed by atoms with Crippen LogP contribution >= 0.6 is 0 Å². The van der Waals surface area contributed by atoms with Crippen LogP contribution in [-0.4, -0.2) is 28.4 Å². The number of nitrogens with one attached hydrogen (secondary N) is 1. The highest BCUT2D eigenvalue weighted by Gasteiger charge is 2.35. The maximum absolute atomic E-state index is 13.1. The van der Waals surface area contributed by atoms with E-state index in [1.165, 1.54) is 17.3 Å². The number of rotatable bonds is 3. The summed E-state index contributed by atoms with van der Waals surface area (Å²) in [5, 5.41) is 11.9. The molecule has 5 rings (SSSR count). The molecule has 0 amide bonds. The van der Waals surface area contributed by atoms with E-state index in [1.54, 1.807) is 48.2 Å². The lowest BCUT2D eigenvalue weighted by atomic mass is 10.2. The highest BCUT2D eigenvalue weighted by molar-refractivity contribution is 6.07. The molecule has 0 bridgehead atoms. The monoisotopic (exact) mass is 337 g/mol. The fourth-order valence-electron chi connectivity index (χ4n) is 2.77. The summed E-state index contributed by atoms with van der Waals surface area (Å²) >= 11 is 0. The van der Waals surface area contributed by atoms with Crippen molar-refractivity contribution in [2.75, 3.05) is 5.12 Å². The van der Waals surface area contributed by atoms with Crippen LogP contribution in [0.4, 0.5) is 10.3 Å². The van der Waals surface area contributed by atoms with Gasteiger partial charge in [-0.1, -0.05) is 12.1 Å². The Hall–Kier alpha value is -3.62. The number of aliphatic imine (C=N–C) groups is 1. The molecule has 0 atom stereocenters. The number of hydrogen-bond acceptors (Lipinski definition) is 8. The van der Waals surface area contributed by atoms with Gasteiger partial charge in [0.1, 0.15) is 24.2 Å². The lowest BCUT2D eigenvalue weighted by Gasteiger charge is -2.24. The van der Waals surface area contributed by atoms with Crippen molar-refractivity contribution in [2.45, 2.75) is 6.54 Å². The smallest absolute Gasteiger partial charge is 0.235 e. The summed E-state index contributed by atoms with van der Waals surface area (Å²) < 4.78 is 18.5. The van der Waals surface area contributed by atoms with Gasteiger partial charge in [0.15, 0.2) is 5.82 Å². The van der Waals surface area contributed by atoms with Crippen LogP contribution in [0.25, 0.3) is 0 Å². The van der Waals surface area contributed by atoms with E-state index in [2.05, 4.69) is 20.6 Å². The average Bonchev–Trinajstić information content (AvgIpc) is 3.35. The summed E-state index contributed by atoms with van der Waals surface area (Å²) in [7, 11) is 0. The van der Waals surface area contributed by atoms with E-state index < -0.39 is 0 Å². The van der Waals surface area contributed by atoms with Gasteiger partial charge in [-0.05, 0) is 23.8 Å². The Bertz CT molecular complexity index is 930. The summed E-state index contributed by atoms with van der Waals surface area (Å²) in [4.78, 5) is 6.25. The van der Waals surface area contributed by atoms with E-state index in [4.69, 9.17) is 4.42 Å². The van der Waals surface area contributed by atoms with Crippen LogP contribution in [0.1, 0.15) is 5.56 Å². The largest absolute Gasteiger partial charge is 0.446 e. The van der Waals surface area contributed by atoms with E-state index in [0.717, 1.165) is 17.1 Å². The van der Waals surface area contributed by atoms with Crippen molar-refractivity contribution in [2.24, 2.45) is 15.2 Å². The second kappa shape index (κ2) is 5.20. The Morgan fingerprint density at radius 3 is 2.80 bits per heavy atom. The third kappa shape index (κ3) is 2.24. The standard InChI is InChI=1S/C16H12FN7O/c17-12-5-3-11(4-6-12)8-22-10-19-23-9-18-15-14(16(22)23)20-24(21-15)13-2-1-7-25-13/h1-7,9-10,20H,8H2. The first-order chi connectivity index (χ1) is 12.3. The van der Waals surface area contributed by atoms with E-state index in [-0.39, 0.29) is 5.82 Å². The molecule has 0 unspecified atom stereocenters. The van der Waals surface area contributed by atoms with Crippen molar-refractivity contribution in [3.8, 4) is 0 Å². The lowest BCUT2D eigenvalue weighted by Crippen LogP contribution is -2.35. The molecule has 3 aliphatic rings. The third-order valence-corrected chi connectivity index (χ3v) is 3.93. The van der Waals surface area contributed by atoms with E-state index in [0.29, 0.717) is 18.3 Å². The zero-order chi connectivity index (χ0) is 16.8. The van der Waals surface area contributed by atoms with Gasteiger partial charge >= 0.3 is 0 Å². The van der Waals surface area contributed by atoms with Gasteiger partial charge in [-0.2, -0.15) is 5.10 Å². The number of benzene rings is 1. The molecule has 124 valence electrons. The second-order valence-electron chi connectivity index (χ2n) is 5.57. The van der Waals surface area contributed by atoms with E-state index in [9.17, 15) is 4.39 Å². The first-order valence-corrected chi connectivity index (χ1v) is 7.60. The number of fused-ring (bicyclic) bond motifs is 2. The van der Waals surface area contributed by atoms with Gasteiger partial charge in [-0.3, -0.25) is 5.43 Å². The molecule has 0 saturated carbocycles. The Labute approximate surface area is 141 Å². The van der Waals surface area contributed by atoms with Crippen molar-refractivity contribution in [3.05, 3.63) is 65.6 Å². The SMILES string of the molecule is Fc1ccc(CN2C=NN3C=NC4=NN(c5ccco5)NC4=C23)cc1. The Morgan fingerprint density at radius 2 is 2.00 bits per heavy atom. The van der Waals surface area contributed by atoms with Crippen molar-refractivity contribution >= 4 is 24.4 Å². The van der Waals surface area contributed by atoms with Crippen LogP contribution in [0.2, 0.25) is 0 Å². The number of amidine groups is 1. The highest BCUT2D eigenvalue weighted by Crippen LogP contribution is 2.28. The molecule has 0 aliphatic carbocycles. The first-order valence-electron chi connectivity index (χ1n) is 7.60. The third-order valence-electron chi connectivity index (χ3n) is 3.93. The van der Waals surface area contributed by atoms with Crippen LogP contribution in [0.3, 0.4) is 0 Å². The fourth-order valence-corrected chi connectivity index (χ4v) is 2.77. The number of halogens is 1. The molecule has 0 spiro atoms. The second-order valence-corrected chi connectivity index (χ2v) is 5.57. The zero-order valence-electron chi connectivity index (χ0n) is 12.9. The van der Waals surface area contributed by atoms with Gasteiger partial charge in [0, 0.05) is 6.07 Å². The minimum Gasteiger partial charge on any atom is -0.446 e. The fraction of sp³-hybridized carbons (Fsp3) is 0.0625. The molecular weight excluding hydrogens is 325 g/mol. The van der Waals surface area contributed by atoms with Crippen molar-refractivity contribution in [1.82, 2.24) is 15.3 Å². The van der Waals surface area contributed by atoms with Crippen molar-refractivity contribution in [1.29, 1.82) is 0 Å². The van der Waals surface area contributed by atoms with Gasteiger partial charge in [0.25, 0.3) is 0 Å².